The molecule has 0 saturated carbocycles. The number of hydrogen-bond donors (Lipinski definition) is 2. The van der Waals surface area contributed by atoms with Crippen LogP contribution in [0.5, 0.6) is 5.75 Å². The molecule has 1 amide bonds. The van der Waals surface area contributed by atoms with Crippen molar-refractivity contribution in [2.24, 2.45) is 0 Å². The minimum absolute atomic E-state index is 0.0760. The van der Waals surface area contributed by atoms with Crippen LogP contribution in [-0.2, 0) is 22.0 Å². The molecule has 0 atom stereocenters. The molecule has 1 aliphatic rings. The van der Waals surface area contributed by atoms with Crippen LogP contribution in [0.1, 0.15) is 54.4 Å². The summed E-state index contributed by atoms with van der Waals surface area (Å²) in [7, 11) is -2.02. The highest BCUT2D eigenvalue weighted by atomic mass is 32.2. The van der Waals surface area contributed by atoms with Crippen molar-refractivity contribution >= 4 is 33.0 Å². The van der Waals surface area contributed by atoms with Gasteiger partial charge in [-0.25, -0.2) is 8.42 Å². The van der Waals surface area contributed by atoms with E-state index in [1.54, 1.807) is 47.8 Å². The molecule has 2 N–H and O–H groups in total. The molecule has 1 aliphatic heterocycles. The monoisotopic (exact) mass is 541 g/mol. The van der Waals surface area contributed by atoms with Gasteiger partial charge in [-0.15, -0.1) is 11.3 Å². The van der Waals surface area contributed by atoms with Gasteiger partial charge < -0.3 is 15.4 Å². The SMILES string of the molecule is COc1cccc(C(=O)NCc2ccc(S(=O)(=O)N3CCC(Nc4cccc(C(C)(C)C)c4)CC3)s2)c1. The number of rotatable bonds is 8. The lowest BCUT2D eigenvalue weighted by Crippen LogP contribution is -2.42. The van der Waals surface area contributed by atoms with Gasteiger partial charge in [0.1, 0.15) is 9.96 Å². The Morgan fingerprint density at radius 2 is 1.78 bits per heavy atom. The van der Waals surface area contributed by atoms with Gasteiger partial charge in [-0.2, -0.15) is 4.31 Å². The fraction of sp³-hybridized carbons (Fsp3) is 0.393. The van der Waals surface area contributed by atoms with Crippen LogP contribution in [0.4, 0.5) is 5.69 Å². The molecule has 2 heterocycles. The lowest BCUT2D eigenvalue weighted by molar-refractivity contribution is 0.0951. The van der Waals surface area contributed by atoms with Crippen LogP contribution in [0.3, 0.4) is 0 Å². The number of ether oxygens (including phenoxy) is 1. The maximum Gasteiger partial charge on any atom is 0.252 e. The van der Waals surface area contributed by atoms with Gasteiger partial charge in [0.15, 0.2) is 0 Å². The standard InChI is InChI=1S/C28H35N3O4S2/c1-28(2,3)21-8-6-9-23(18-21)30-22-13-15-31(16-14-22)37(33,34)26-12-11-25(36-26)19-29-27(32)20-7-5-10-24(17-20)35-4/h5-12,17-18,22,30H,13-16,19H2,1-4H3,(H,29,32). The molecule has 0 aliphatic carbocycles. The van der Waals surface area contributed by atoms with Gasteiger partial charge in [0.05, 0.1) is 13.7 Å². The van der Waals surface area contributed by atoms with E-state index in [9.17, 15) is 13.2 Å². The quantitative estimate of drug-likeness (QED) is 0.407. The third-order valence-electron chi connectivity index (χ3n) is 6.54. The molecule has 7 nitrogen and oxygen atoms in total. The van der Waals surface area contributed by atoms with E-state index in [0.29, 0.717) is 28.6 Å². The van der Waals surface area contributed by atoms with Crippen molar-refractivity contribution in [1.29, 1.82) is 0 Å². The normalized spacial score (nSPS) is 15.4. The Balaban J connectivity index is 1.32. The van der Waals surface area contributed by atoms with E-state index >= 15 is 0 Å². The Morgan fingerprint density at radius 1 is 1.05 bits per heavy atom. The third-order valence-corrected chi connectivity index (χ3v) is 9.99. The van der Waals surface area contributed by atoms with E-state index < -0.39 is 10.0 Å². The van der Waals surface area contributed by atoms with E-state index in [0.717, 1.165) is 23.4 Å². The first-order chi connectivity index (χ1) is 17.6. The molecular weight excluding hydrogens is 506 g/mol. The summed E-state index contributed by atoms with van der Waals surface area (Å²) in [5.74, 6) is 0.369. The van der Waals surface area contributed by atoms with Crippen molar-refractivity contribution in [2.45, 2.75) is 55.8 Å². The van der Waals surface area contributed by atoms with Gasteiger partial charge in [0.25, 0.3) is 15.9 Å². The van der Waals surface area contributed by atoms with Crippen LogP contribution < -0.4 is 15.4 Å². The summed E-state index contributed by atoms with van der Waals surface area (Å²) < 4.78 is 33.6. The summed E-state index contributed by atoms with van der Waals surface area (Å²) in [5, 5.41) is 6.44. The minimum atomic E-state index is -3.57. The molecule has 1 aromatic heterocycles. The van der Waals surface area contributed by atoms with Crippen molar-refractivity contribution in [3.8, 4) is 5.75 Å². The summed E-state index contributed by atoms with van der Waals surface area (Å²) in [6, 6.07) is 19.0. The third kappa shape index (κ3) is 6.71. The number of nitrogens with zero attached hydrogens (tertiary/aromatic N) is 1. The summed E-state index contributed by atoms with van der Waals surface area (Å²) in [5.41, 5.74) is 2.91. The lowest BCUT2D eigenvalue weighted by Gasteiger charge is -2.32. The number of nitrogens with one attached hydrogen (secondary N) is 2. The highest BCUT2D eigenvalue weighted by molar-refractivity contribution is 7.91. The topological polar surface area (TPSA) is 87.7 Å². The number of carbonyl (C=O) groups is 1. The summed E-state index contributed by atoms with van der Waals surface area (Å²) in [6.07, 6.45) is 1.49. The maximum absolute atomic E-state index is 13.3. The zero-order valence-electron chi connectivity index (χ0n) is 21.8. The van der Waals surface area contributed by atoms with Crippen LogP contribution in [0.2, 0.25) is 0 Å². The Hall–Kier alpha value is -2.88. The number of carbonyl (C=O) groups excluding carboxylic acids is 1. The van der Waals surface area contributed by atoms with Crippen molar-refractivity contribution in [3.05, 3.63) is 76.7 Å². The number of thiophene rings is 1. The largest absolute Gasteiger partial charge is 0.497 e. The van der Waals surface area contributed by atoms with Crippen LogP contribution in [0.15, 0.2) is 64.9 Å². The van der Waals surface area contributed by atoms with E-state index in [4.69, 9.17) is 4.74 Å². The second-order valence-corrected chi connectivity index (χ2v) is 13.6. The molecular formula is C28H35N3O4S2. The van der Waals surface area contributed by atoms with Gasteiger partial charge in [-0.05, 0) is 66.3 Å². The van der Waals surface area contributed by atoms with Crippen LogP contribution in [-0.4, -0.2) is 44.9 Å². The molecule has 0 bridgehead atoms. The number of hydrogen-bond acceptors (Lipinski definition) is 6. The number of piperidine rings is 1. The van der Waals surface area contributed by atoms with Gasteiger partial charge >= 0.3 is 0 Å². The summed E-state index contributed by atoms with van der Waals surface area (Å²) in [6.45, 7) is 7.79. The molecule has 1 saturated heterocycles. The molecule has 198 valence electrons. The molecule has 0 unspecified atom stereocenters. The Labute approximate surface area is 223 Å². The first kappa shape index (κ1) is 27.2. The van der Waals surface area contributed by atoms with E-state index in [2.05, 4.69) is 55.7 Å². The number of sulfonamides is 1. The zero-order valence-corrected chi connectivity index (χ0v) is 23.4. The van der Waals surface area contributed by atoms with Gasteiger partial charge in [-0.3, -0.25) is 4.79 Å². The van der Waals surface area contributed by atoms with Gasteiger partial charge in [-0.1, -0.05) is 39.0 Å². The van der Waals surface area contributed by atoms with Crippen LogP contribution in [0, 0.1) is 0 Å². The van der Waals surface area contributed by atoms with E-state index in [1.807, 2.05) is 0 Å². The maximum atomic E-state index is 13.3. The minimum Gasteiger partial charge on any atom is -0.497 e. The smallest absolute Gasteiger partial charge is 0.252 e. The zero-order chi connectivity index (χ0) is 26.6. The molecule has 4 rings (SSSR count). The van der Waals surface area contributed by atoms with Crippen LogP contribution in [0.25, 0.3) is 0 Å². The predicted octanol–water partition coefficient (Wildman–Crippen LogP) is 5.25. The van der Waals surface area contributed by atoms with Gasteiger partial charge in [0, 0.05) is 35.3 Å². The molecule has 1 fully saturated rings. The van der Waals surface area contributed by atoms with Crippen LogP contribution >= 0.6 is 11.3 Å². The van der Waals surface area contributed by atoms with Crippen molar-refractivity contribution in [2.75, 3.05) is 25.5 Å². The number of anilines is 1. The van der Waals surface area contributed by atoms with E-state index in [-0.39, 0.29) is 23.9 Å². The summed E-state index contributed by atoms with van der Waals surface area (Å²) >= 11 is 1.20. The molecule has 3 aromatic rings. The average Bonchev–Trinajstić information content (AvgIpc) is 3.37. The Morgan fingerprint density at radius 3 is 2.49 bits per heavy atom. The fourth-order valence-electron chi connectivity index (χ4n) is 4.30. The number of methoxy groups -OCH3 is 1. The highest BCUT2D eigenvalue weighted by Crippen LogP contribution is 2.29. The molecule has 37 heavy (non-hydrogen) atoms. The van der Waals surface area contributed by atoms with Crippen molar-refractivity contribution < 1.29 is 17.9 Å². The van der Waals surface area contributed by atoms with Gasteiger partial charge in [0.2, 0.25) is 0 Å². The predicted molar refractivity (Wildman–Crippen MR) is 149 cm³/mol. The first-order valence-electron chi connectivity index (χ1n) is 12.4. The Bertz CT molecular complexity index is 1340. The molecule has 0 radical (unpaired) electrons. The second-order valence-electron chi connectivity index (χ2n) is 10.3. The lowest BCUT2D eigenvalue weighted by atomic mass is 9.87. The molecule has 2 aromatic carbocycles. The first-order valence-corrected chi connectivity index (χ1v) is 14.7. The van der Waals surface area contributed by atoms with Crippen molar-refractivity contribution in [1.82, 2.24) is 9.62 Å². The molecule has 0 spiro atoms. The number of benzene rings is 2. The summed E-state index contributed by atoms with van der Waals surface area (Å²) in [4.78, 5) is 13.3. The van der Waals surface area contributed by atoms with Crippen molar-refractivity contribution in [3.63, 3.8) is 0 Å². The Kier molecular flexibility index (Phi) is 8.26. The number of amides is 1. The second kappa shape index (κ2) is 11.2. The average molecular weight is 542 g/mol. The highest BCUT2D eigenvalue weighted by Gasteiger charge is 2.30. The fourth-order valence-corrected chi connectivity index (χ4v) is 7.22. The van der Waals surface area contributed by atoms with E-state index in [1.165, 1.54) is 16.9 Å². The molecule has 9 heteroatoms.